The van der Waals surface area contributed by atoms with E-state index in [1.54, 1.807) is 34.1 Å². The Bertz CT molecular complexity index is 979. The van der Waals surface area contributed by atoms with Crippen molar-refractivity contribution in [3.05, 3.63) is 36.0 Å². The number of carbonyl (C=O) groups is 2. The molecular formula is C25H38N2O6Si. The van der Waals surface area contributed by atoms with Crippen molar-refractivity contribution in [3.63, 3.8) is 0 Å². The molecule has 2 atom stereocenters. The first-order valence-corrected chi connectivity index (χ1v) is 14.2. The van der Waals surface area contributed by atoms with E-state index in [1.807, 2.05) is 24.3 Å². The Balaban J connectivity index is 2.70. The number of hydrogen-bond acceptors (Lipinski definition) is 7. The van der Waals surface area contributed by atoms with Gasteiger partial charge in [0.25, 0.3) is 0 Å². The summed E-state index contributed by atoms with van der Waals surface area (Å²) in [5, 5.41) is 3.50. The number of benzene rings is 1. The van der Waals surface area contributed by atoms with Crippen LogP contribution in [0.5, 0.6) is 5.75 Å². The summed E-state index contributed by atoms with van der Waals surface area (Å²) >= 11 is 0. The van der Waals surface area contributed by atoms with Gasteiger partial charge in [0.2, 0.25) is 0 Å². The van der Waals surface area contributed by atoms with E-state index >= 15 is 0 Å². The van der Waals surface area contributed by atoms with E-state index in [-0.39, 0.29) is 0 Å². The number of esters is 1. The standard InChI is InChI=1S/C25H38N2O6Si/c1-9-34(10-2,11-3)33-22(21(23(28)31-8)27-24(29)32-25(4,5)6)18-14-15-26-20-13-12-17(30-7)16-19(18)20/h12-16,21-22H,9-11H2,1-8H3,(H,27,29)/t21-,22-/m1/s1. The molecule has 1 aromatic heterocycles. The Labute approximate surface area is 203 Å². The van der Waals surface area contributed by atoms with Gasteiger partial charge in [0.15, 0.2) is 14.4 Å². The molecule has 0 radical (unpaired) electrons. The van der Waals surface area contributed by atoms with E-state index in [0.717, 1.165) is 34.6 Å². The van der Waals surface area contributed by atoms with Crippen molar-refractivity contribution in [3.8, 4) is 5.75 Å². The Kier molecular flexibility index (Phi) is 9.46. The Morgan fingerprint density at radius 3 is 2.24 bits per heavy atom. The van der Waals surface area contributed by atoms with E-state index < -0.39 is 38.1 Å². The molecule has 0 aliphatic heterocycles. The van der Waals surface area contributed by atoms with Crippen molar-refractivity contribution in [1.82, 2.24) is 10.3 Å². The van der Waals surface area contributed by atoms with Crippen molar-refractivity contribution in [2.75, 3.05) is 14.2 Å². The van der Waals surface area contributed by atoms with Crippen LogP contribution in [0.25, 0.3) is 10.9 Å². The van der Waals surface area contributed by atoms with Gasteiger partial charge in [-0.2, -0.15) is 0 Å². The molecule has 2 aromatic rings. The minimum atomic E-state index is -2.24. The fourth-order valence-corrected chi connectivity index (χ4v) is 6.72. The van der Waals surface area contributed by atoms with Crippen LogP contribution in [-0.4, -0.2) is 51.2 Å². The number of alkyl carbamates (subject to hydrolysis) is 1. The molecule has 0 saturated carbocycles. The molecular weight excluding hydrogens is 452 g/mol. The molecule has 9 heteroatoms. The number of nitrogens with one attached hydrogen (secondary N) is 1. The summed E-state index contributed by atoms with van der Waals surface area (Å²) in [5.74, 6) is 0.0372. The SMILES string of the molecule is CC[Si](CC)(CC)O[C@H](c1ccnc2ccc(OC)cc12)[C@@H](NC(=O)OC(C)(C)C)C(=O)OC. The topological polar surface area (TPSA) is 96.0 Å². The van der Waals surface area contributed by atoms with E-state index in [1.165, 1.54) is 7.11 Å². The zero-order valence-corrected chi connectivity index (χ0v) is 22.6. The van der Waals surface area contributed by atoms with Crippen molar-refractivity contribution >= 4 is 31.3 Å². The Morgan fingerprint density at radius 1 is 1.06 bits per heavy atom. The average Bonchev–Trinajstić information content (AvgIpc) is 2.82. The largest absolute Gasteiger partial charge is 0.497 e. The lowest BCUT2D eigenvalue weighted by atomic mass is 9.98. The van der Waals surface area contributed by atoms with Crippen molar-refractivity contribution < 1.29 is 28.2 Å². The molecule has 2 rings (SSSR count). The van der Waals surface area contributed by atoms with E-state index in [2.05, 4.69) is 31.1 Å². The maximum atomic E-state index is 13.0. The summed E-state index contributed by atoms with van der Waals surface area (Å²) in [6.07, 6.45) is 0.156. The summed E-state index contributed by atoms with van der Waals surface area (Å²) in [6, 6.07) is 8.84. The average molecular weight is 491 g/mol. The van der Waals surface area contributed by atoms with Gasteiger partial charge in [0.05, 0.1) is 19.7 Å². The van der Waals surface area contributed by atoms with Gasteiger partial charge in [0.1, 0.15) is 17.5 Å². The van der Waals surface area contributed by atoms with Gasteiger partial charge >= 0.3 is 12.1 Å². The number of methoxy groups -OCH3 is 2. The Hall–Kier alpha value is -2.65. The first kappa shape index (κ1) is 27.6. The molecule has 0 aliphatic rings. The highest BCUT2D eigenvalue weighted by molar-refractivity contribution is 6.73. The summed E-state index contributed by atoms with van der Waals surface area (Å²) in [6.45, 7) is 11.6. The highest BCUT2D eigenvalue weighted by Crippen LogP contribution is 2.36. The molecule has 0 unspecified atom stereocenters. The second-order valence-electron chi connectivity index (χ2n) is 9.21. The number of amides is 1. The molecule has 0 fully saturated rings. The maximum Gasteiger partial charge on any atom is 0.408 e. The molecule has 0 bridgehead atoms. The van der Waals surface area contributed by atoms with Crippen LogP contribution in [0.15, 0.2) is 30.5 Å². The van der Waals surface area contributed by atoms with Gasteiger partial charge in [-0.1, -0.05) is 20.8 Å². The first-order valence-electron chi connectivity index (χ1n) is 11.7. The van der Waals surface area contributed by atoms with Crippen LogP contribution in [0.1, 0.15) is 53.2 Å². The minimum Gasteiger partial charge on any atom is -0.497 e. The van der Waals surface area contributed by atoms with Gasteiger partial charge in [-0.25, -0.2) is 9.59 Å². The van der Waals surface area contributed by atoms with Gasteiger partial charge in [0, 0.05) is 11.6 Å². The molecule has 1 aromatic carbocycles. The van der Waals surface area contributed by atoms with Gasteiger partial charge in [-0.3, -0.25) is 4.98 Å². The predicted octanol–water partition coefficient (Wildman–Crippen LogP) is 5.37. The highest BCUT2D eigenvalue weighted by Gasteiger charge is 2.41. The van der Waals surface area contributed by atoms with E-state index in [9.17, 15) is 9.59 Å². The number of aromatic nitrogens is 1. The van der Waals surface area contributed by atoms with E-state index in [0.29, 0.717) is 5.75 Å². The van der Waals surface area contributed by atoms with Crippen LogP contribution >= 0.6 is 0 Å². The number of ether oxygens (including phenoxy) is 3. The lowest BCUT2D eigenvalue weighted by Crippen LogP contribution is -2.51. The lowest BCUT2D eigenvalue weighted by molar-refractivity contribution is -0.146. The normalized spacial score (nSPS) is 13.8. The monoisotopic (exact) mass is 490 g/mol. The zero-order chi connectivity index (χ0) is 25.5. The molecule has 0 spiro atoms. The predicted molar refractivity (Wildman–Crippen MR) is 134 cm³/mol. The summed E-state index contributed by atoms with van der Waals surface area (Å²) in [5.41, 5.74) is 0.721. The summed E-state index contributed by atoms with van der Waals surface area (Å²) in [7, 11) is 0.642. The second kappa shape index (κ2) is 11.7. The van der Waals surface area contributed by atoms with Crippen LogP contribution in [0.2, 0.25) is 18.1 Å². The number of pyridine rings is 1. The molecule has 1 heterocycles. The van der Waals surface area contributed by atoms with Gasteiger partial charge in [-0.15, -0.1) is 0 Å². The number of hydrogen-bond donors (Lipinski definition) is 1. The van der Waals surface area contributed by atoms with Crippen molar-refractivity contribution in [1.29, 1.82) is 0 Å². The minimum absolute atomic E-state index is 0.616. The first-order chi connectivity index (χ1) is 16.0. The molecule has 1 amide bonds. The second-order valence-corrected chi connectivity index (χ2v) is 13.9. The summed E-state index contributed by atoms with van der Waals surface area (Å²) in [4.78, 5) is 30.2. The number of nitrogens with zero attached hydrogens (tertiary/aromatic N) is 1. The third-order valence-electron chi connectivity index (χ3n) is 6.03. The fourth-order valence-electron chi connectivity index (χ4n) is 3.92. The van der Waals surface area contributed by atoms with Crippen LogP contribution in [-0.2, 0) is 18.7 Å². The molecule has 8 nitrogen and oxygen atoms in total. The van der Waals surface area contributed by atoms with Crippen LogP contribution in [0, 0.1) is 0 Å². The number of carbonyl (C=O) groups excluding carboxylic acids is 2. The van der Waals surface area contributed by atoms with Crippen molar-refractivity contribution in [2.45, 2.75) is 77.4 Å². The molecule has 188 valence electrons. The molecule has 0 saturated heterocycles. The summed E-state index contributed by atoms with van der Waals surface area (Å²) < 4.78 is 22.8. The van der Waals surface area contributed by atoms with Crippen LogP contribution in [0.4, 0.5) is 4.79 Å². The zero-order valence-electron chi connectivity index (χ0n) is 21.6. The third-order valence-corrected chi connectivity index (χ3v) is 10.6. The highest BCUT2D eigenvalue weighted by atomic mass is 28.4. The maximum absolute atomic E-state index is 13.0. The smallest absolute Gasteiger partial charge is 0.408 e. The third kappa shape index (κ3) is 6.70. The molecule has 0 aliphatic carbocycles. The fraction of sp³-hybridized carbons (Fsp3) is 0.560. The van der Waals surface area contributed by atoms with Gasteiger partial charge < -0.3 is 24.0 Å². The molecule has 1 N–H and O–H groups in total. The lowest BCUT2D eigenvalue weighted by Gasteiger charge is -2.37. The van der Waals surface area contributed by atoms with Crippen molar-refractivity contribution in [2.24, 2.45) is 0 Å². The van der Waals surface area contributed by atoms with Gasteiger partial charge in [-0.05, 0) is 68.7 Å². The van der Waals surface area contributed by atoms with E-state index in [4.69, 9.17) is 18.6 Å². The van der Waals surface area contributed by atoms with Crippen LogP contribution < -0.4 is 10.1 Å². The van der Waals surface area contributed by atoms with Crippen LogP contribution in [0.3, 0.4) is 0 Å². The number of rotatable bonds is 10. The quantitative estimate of drug-likeness (QED) is 0.353. The molecule has 34 heavy (non-hydrogen) atoms. The Morgan fingerprint density at radius 2 is 1.71 bits per heavy atom. The number of fused-ring (bicyclic) bond motifs is 1.